The Hall–Kier alpha value is -1.29. The molecule has 0 atom stereocenters. The Balaban J connectivity index is 2.57. The van der Waals surface area contributed by atoms with Gasteiger partial charge in [-0.1, -0.05) is 17.7 Å². The molecule has 3 N–H and O–H groups in total. The largest absolute Gasteiger partial charge is 0.368 e. The van der Waals surface area contributed by atoms with Crippen LogP contribution >= 0.6 is 11.6 Å². The third kappa shape index (κ3) is 2.75. The fourth-order valence-corrected chi connectivity index (χ4v) is 0.848. The molecule has 1 aromatic heterocycles. The average molecular weight is 186 g/mol. The minimum absolute atomic E-state index is 0.0628. The molecule has 1 aromatic rings. The lowest BCUT2D eigenvalue weighted by Crippen LogP contribution is -2.22. The summed E-state index contributed by atoms with van der Waals surface area (Å²) in [5, 5.41) is 3.09. The number of hydrogen-bond acceptors (Lipinski definition) is 3. The highest BCUT2D eigenvalue weighted by atomic mass is 35.5. The number of carbonyl (C=O) groups is 1. The molecular weight excluding hydrogens is 178 g/mol. The van der Waals surface area contributed by atoms with Crippen LogP contribution in [-0.4, -0.2) is 17.4 Å². The molecule has 5 heteroatoms. The lowest BCUT2D eigenvalue weighted by Gasteiger charge is -2.01. The average Bonchev–Trinajstić information content (AvgIpc) is 2.01. The third-order valence-corrected chi connectivity index (χ3v) is 1.37. The predicted octanol–water partition coefficient (Wildman–Crippen LogP) is 0.632. The first-order valence-electron chi connectivity index (χ1n) is 3.33. The zero-order chi connectivity index (χ0) is 8.97. The van der Waals surface area contributed by atoms with Gasteiger partial charge in [0.05, 0.1) is 6.54 Å². The van der Waals surface area contributed by atoms with Crippen LogP contribution in [0.3, 0.4) is 0 Å². The highest BCUT2D eigenvalue weighted by Crippen LogP contribution is 2.08. The van der Waals surface area contributed by atoms with Gasteiger partial charge >= 0.3 is 0 Å². The van der Waals surface area contributed by atoms with Gasteiger partial charge in [0.1, 0.15) is 11.0 Å². The SMILES string of the molecule is NC(=O)CNc1cccc(Cl)n1. The first-order chi connectivity index (χ1) is 5.68. The molecule has 0 bridgehead atoms. The summed E-state index contributed by atoms with van der Waals surface area (Å²) >= 11 is 5.59. The van der Waals surface area contributed by atoms with Crippen LogP contribution in [0, 0.1) is 0 Å². The number of nitrogens with zero attached hydrogens (tertiary/aromatic N) is 1. The Morgan fingerprint density at radius 3 is 3.00 bits per heavy atom. The number of amides is 1. The molecule has 0 saturated carbocycles. The van der Waals surface area contributed by atoms with Crippen molar-refractivity contribution in [3.8, 4) is 0 Å². The number of nitrogens with one attached hydrogen (secondary N) is 1. The van der Waals surface area contributed by atoms with Crippen molar-refractivity contribution in [2.24, 2.45) is 5.73 Å². The molecule has 12 heavy (non-hydrogen) atoms. The van der Waals surface area contributed by atoms with E-state index >= 15 is 0 Å². The number of pyridine rings is 1. The Morgan fingerprint density at radius 1 is 1.67 bits per heavy atom. The maximum absolute atomic E-state index is 10.4. The monoisotopic (exact) mass is 185 g/mol. The standard InChI is InChI=1S/C7H8ClN3O/c8-5-2-1-3-7(11-5)10-4-6(9)12/h1-3H,4H2,(H2,9,12)(H,10,11). The van der Waals surface area contributed by atoms with E-state index < -0.39 is 5.91 Å². The quantitative estimate of drug-likeness (QED) is 0.679. The molecular formula is C7H8ClN3O. The number of aromatic nitrogens is 1. The van der Waals surface area contributed by atoms with E-state index in [1.807, 2.05) is 0 Å². The summed E-state index contributed by atoms with van der Waals surface area (Å²) in [5.74, 6) is 0.109. The minimum Gasteiger partial charge on any atom is -0.368 e. The van der Waals surface area contributed by atoms with Crippen LogP contribution in [-0.2, 0) is 4.79 Å². The van der Waals surface area contributed by atoms with Gasteiger partial charge in [0.2, 0.25) is 5.91 Å². The van der Waals surface area contributed by atoms with Crippen LogP contribution in [0.15, 0.2) is 18.2 Å². The van der Waals surface area contributed by atoms with Crippen molar-refractivity contribution >= 4 is 23.3 Å². The second-order valence-electron chi connectivity index (χ2n) is 2.17. The van der Waals surface area contributed by atoms with Gasteiger partial charge in [-0.2, -0.15) is 0 Å². The molecule has 1 amide bonds. The molecule has 4 nitrogen and oxygen atoms in total. The molecule has 0 aliphatic carbocycles. The number of nitrogens with two attached hydrogens (primary N) is 1. The molecule has 0 aromatic carbocycles. The Kier molecular flexibility index (Phi) is 2.88. The van der Waals surface area contributed by atoms with Gasteiger partial charge in [0, 0.05) is 0 Å². The van der Waals surface area contributed by atoms with Crippen LogP contribution < -0.4 is 11.1 Å². The molecule has 0 fully saturated rings. The Bertz CT molecular complexity index is 290. The lowest BCUT2D eigenvalue weighted by atomic mass is 10.4. The fraction of sp³-hybridized carbons (Fsp3) is 0.143. The van der Waals surface area contributed by atoms with Crippen molar-refractivity contribution in [2.45, 2.75) is 0 Å². The van der Waals surface area contributed by atoms with Crippen LogP contribution in [0.25, 0.3) is 0 Å². The van der Waals surface area contributed by atoms with Crippen molar-refractivity contribution in [3.05, 3.63) is 23.4 Å². The molecule has 0 saturated heterocycles. The van der Waals surface area contributed by atoms with Crippen molar-refractivity contribution in [2.75, 3.05) is 11.9 Å². The number of hydrogen-bond donors (Lipinski definition) is 2. The lowest BCUT2D eigenvalue weighted by molar-refractivity contribution is -0.116. The summed E-state index contributed by atoms with van der Waals surface area (Å²) < 4.78 is 0. The van der Waals surface area contributed by atoms with E-state index in [1.54, 1.807) is 18.2 Å². The number of rotatable bonds is 3. The Labute approximate surface area is 74.7 Å². The van der Waals surface area contributed by atoms with Gasteiger partial charge in [-0.15, -0.1) is 0 Å². The fourth-order valence-electron chi connectivity index (χ4n) is 0.684. The summed E-state index contributed by atoms with van der Waals surface area (Å²) in [7, 11) is 0. The second-order valence-corrected chi connectivity index (χ2v) is 2.55. The first-order valence-corrected chi connectivity index (χ1v) is 3.71. The summed E-state index contributed by atoms with van der Waals surface area (Å²) in [4.78, 5) is 14.2. The first kappa shape index (κ1) is 8.80. The van der Waals surface area contributed by atoms with E-state index in [1.165, 1.54) is 0 Å². The van der Waals surface area contributed by atoms with Crippen LogP contribution in [0.5, 0.6) is 0 Å². The van der Waals surface area contributed by atoms with Crippen molar-refractivity contribution in [1.82, 2.24) is 4.98 Å². The van der Waals surface area contributed by atoms with E-state index in [0.717, 1.165) is 0 Å². The molecule has 1 rings (SSSR count). The van der Waals surface area contributed by atoms with Crippen molar-refractivity contribution in [3.63, 3.8) is 0 Å². The van der Waals surface area contributed by atoms with Crippen LogP contribution in [0.1, 0.15) is 0 Å². The van der Waals surface area contributed by atoms with Gasteiger partial charge < -0.3 is 11.1 Å². The van der Waals surface area contributed by atoms with Gasteiger partial charge in [0.25, 0.3) is 0 Å². The molecule has 0 aliphatic rings. The smallest absolute Gasteiger partial charge is 0.236 e. The highest BCUT2D eigenvalue weighted by Gasteiger charge is 1.96. The van der Waals surface area contributed by atoms with Gasteiger partial charge in [-0.05, 0) is 12.1 Å². The van der Waals surface area contributed by atoms with Gasteiger partial charge in [-0.25, -0.2) is 4.98 Å². The zero-order valence-corrected chi connectivity index (χ0v) is 7.01. The summed E-state index contributed by atoms with van der Waals surface area (Å²) in [6, 6.07) is 5.09. The Morgan fingerprint density at radius 2 is 2.42 bits per heavy atom. The minimum atomic E-state index is -0.434. The number of carbonyl (C=O) groups excluding carboxylic acids is 1. The van der Waals surface area contributed by atoms with Crippen molar-refractivity contribution < 1.29 is 4.79 Å². The second kappa shape index (κ2) is 3.92. The summed E-state index contributed by atoms with van der Waals surface area (Å²) in [6.07, 6.45) is 0. The predicted molar refractivity (Wildman–Crippen MR) is 46.9 cm³/mol. The number of anilines is 1. The molecule has 1 heterocycles. The van der Waals surface area contributed by atoms with E-state index in [-0.39, 0.29) is 6.54 Å². The normalized spacial score (nSPS) is 9.42. The zero-order valence-electron chi connectivity index (χ0n) is 6.25. The summed E-state index contributed by atoms with van der Waals surface area (Å²) in [6.45, 7) is 0.0628. The maximum atomic E-state index is 10.4. The van der Waals surface area contributed by atoms with E-state index in [0.29, 0.717) is 11.0 Å². The highest BCUT2D eigenvalue weighted by molar-refractivity contribution is 6.29. The molecule has 0 spiro atoms. The maximum Gasteiger partial charge on any atom is 0.236 e. The topological polar surface area (TPSA) is 68.0 Å². The van der Waals surface area contributed by atoms with Crippen LogP contribution in [0.2, 0.25) is 5.15 Å². The molecule has 0 unspecified atom stereocenters. The van der Waals surface area contributed by atoms with E-state index in [9.17, 15) is 4.79 Å². The van der Waals surface area contributed by atoms with Crippen LogP contribution in [0.4, 0.5) is 5.82 Å². The van der Waals surface area contributed by atoms with E-state index in [4.69, 9.17) is 17.3 Å². The van der Waals surface area contributed by atoms with Crippen molar-refractivity contribution in [1.29, 1.82) is 0 Å². The number of primary amides is 1. The molecule has 64 valence electrons. The molecule has 0 radical (unpaired) electrons. The van der Waals surface area contributed by atoms with Gasteiger partial charge in [0.15, 0.2) is 0 Å². The van der Waals surface area contributed by atoms with Gasteiger partial charge in [-0.3, -0.25) is 4.79 Å². The molecule has 0 aliphatic heterocycles. The van der Waals surface area contributed by atoms with E-state index in [2.05, 4.69) is 10.3 Å². The summed E-state index contributed by atoms with van der Waals surface area (Å²) in [5.41, 5.74) is 4.92. The number of halogens is 1. The third-order valence-electron chi connectivity index (χ3n) is 1.16.